The first kappa shape index (κ1) is 55.2. The van der Waals surface area contributed by atoms with Gasteiger partial charge in [0.05, 0.1) is 45.6 Å². The fourth-order valence-corrected chi connectivity index (χ4v) is 3.42. The molecule has 320 valence electrons. The van der Waals surface area contributed by atoms with Crippen molar-refractivity contribution in [3.05, 3.63) is 43.3 Å². The van der Waals surface area contributed by atoms with Crippen LogP contribution in [0.15, 0.2) is 30.3 Å². The molecule has 0 aromatic heterocycles. The zero-order valence-electron chi connectivity index (χ0n) is 33.0. The van der Waals surface area contributed by atoms with E-state index in [0.717, 1.165) is 5.56 Å². The molecule has 0 bridgehead atoms. The summed E-state index contributed by atoms with van der Waals surface area (Å²) in [5, 5.41) is 16.4. The number of amides is 7. The van der Waals surface area contributed by atoms with Crippen LogP contribution in [-0.2, 0) is 79.6 Å². The van der Waals surface area contributed by atoms with Crippen LogP contribution in [0.5, 0.6) is 0 Å². The smallest absolute Gasteiger partial charge is 0.407 e. The largest absolute Gasteiger partial charge is 0.460 e. The molecule has 0 unspecified atom stereocenters. The summed E-state index contributed by atoms with van der Waals surface area (Å²) < 4.78 is 15.1. The number of esters is 2. The van der Waals surface area contributed by atoms with Crippen LogP contribution in [0.4, 0.5) is 4.79 Å². The zero-order chi connectivity index (χ0) is 41.2. The van der Waals surface area contributed by atoms with Crippen molar-refractivity contribution in [1.82, 2.24) is 37.2 Å². The van der Waals surface area contributed by atoms with Gasteiger partial charge in [-0.25, -0.2) is 4.79 Å². The van der Waals surface area contributed by atoms with Crippen molar-refractivity contribution in [1.29, 1.82) is 0 Å². The quantitative estimate of drug-likeness (QED) is 0.0339. The minimum atomic E-state index is -0.767. The molecular formula is C35H57N8O12Pd-. The van der Waals surface area contributed by atoms with Gasteiger partial charge in [-0.1, -0.05) is 30.3 Å². The van der Waals surface area contributed by atoms with Gasteiger partial charge in [0, 0.05) is 33.5 Å². The Hall–Kier alpha value is -5.13. The molecule has 0 aliphatic heterocycles. The standard InChI is InChI=1S/C21H30N4O7.C13H24N4O5.CH3.Pd/c1-21(2,3)32-19(29)9-10-22-16(26)11-23-17(27)12-24-18(28)13-25-20(30)31-14-15-7-5-4-6-8-15;1-13(2,3)22-12(21)4-5-15-10(19)7-17-11(20)8-16-9(18)6-14;;/h4-8H,9-14H2,1-3H3,(H,22,26)(H,23,27)(H,24,28)(H,25,30);4-8,14H2,1-3H3,(H,15,19)(H,16,18)(H,17,20);1H3;/q;;-1;. The summed E-state index contributed by atoms with van der Waals surface area (Å²) in [7, 11) is 0. The third-order valence-corrected chi connectivity index (χ3v) is 5.72. The van der Waals surface area contributed by atoms with E-state index >= 15 is 0 Å². The van der Waals surface area contributed by atoms with E-state index in [2.05, 4.69) is 37.2 Å². The zero-order valence-corrected chi connectivity index (χ0v) is 34.5. The van der Waals surface area contributed by atoms with Crippen LogP contribution < -0.4 is 43.0 Å². The first-order chi connectivity index (χ1) is 25.2. The van der Waals surface area contributed by atoms with Crippen molar-refractivity contribution >= 4 is 53.5 Å². The van der Waals surface area contributed by atoms with Gasteiger partial charge in [-0.05, 0) is 47.1 Å². The first-order valence-electron chi connectivity index (χ1n) is 16.9. The summed E-state index contributed by atoms with van der Waals surface area (Å²) in [6, 6.07) is 9.04. The summed E-state index contributed by atoms with van der Waals surface area (Å²) in [5.41, 5.74) is 4.69. The maximum atomic E-state index is 11.7. The van der Waals surface area contributed by atoms with Crippen molar-refractivity contribution in [2.45, 2.75) is 72.2 Å². The Morgan fingerprint density at radius 3 is 1.23 bits per heavy atom. The van der Waals surface area contributed by atoms with Gasteiger partial charge in [-0.2, -0.15) is 0 Å². The summed E-state index contributed by atoms with van der Waals surface area (Å²) in [6.07, 6.45) is -0.714. The van der Waals surface area contributed by atoms with E-state index in [9.17, 15) is 43.2 Å². The normalized spacial score (nSPS) is 10.1. The molecule has 0 heterocycles. The fraction of sp³-hybridized carbons (Fsp3) is 0.543. The molecule has 1 rings (SSSR count). The summed E-state index contributed by atoms with van der Waals surface area (Å²) >= 11 is 0. The van der Waals surface area contributed by atoms with Gasteiger partial charge in [0.15, 0.2) is 0 Å². The predicted molar refractivity (Wildman–Crippen MR) is 199 cm³/mol. The molecule has 0 fully saturated rings. The Morgan fingerprint density at radius 2 is 0.875 bits per heavy atom. The summed E-state index contributed by atoms with van der Waals surface area (Å²) in [5.74, 6) is -3.95. The Bertz CT molecular complexity index is 1420. The molecule has 20 nitrogen and oxygen atoms in total. The second-order valence-electron chi connectivity index (χ2n) is 13.1. The number of carbonyl (C=O) groups excluding carboxylic acids is 9. The average molecular weight is 888 g/mol. The number of benzene rings is 1. The molecule has 0 saturated heterocycles. The molecule has 21 heteroatoms. The van der Waals surface area contributed by atoms with Crippen LogP contribution in [0.3, 0.4) is 0 Å². The van der Waals surface area contributed by atoms with Crippen LogP contribution in [0.1, 0.15) is 59.9 Å². The third kappa shape index (κ3) is 34.6. The Morgan fingerprint density at radius 1 is 0.536 bits per heavy atom. The first-order valence-corrected chi connectivity index (χ1v) is 16.9. The minimum Gasteiger partial charge on any atom is -0.460 e. The number of carbonyl (C=O) groups is 9. The second-order valence-corrected chi connectivity index (χ2v) is 13.1. The van der Waals surface area contributed by atoms with Crippen LogP contribution in [0.2, 0.25) is 0 Å². The molecule has 1 aromatic carbocycles. The number of nitrogens with one attached hydrogen (secondary N) is 7. The van der Waals surface area contributed by atoms with Gasteiger partial charge in [-0.3, -0.25) is 38.4 Å². The fourth-order valence-electron chi connectivity index (χ4n) is 3.42. The number of nitrogens with two attached hydrogens (primary N) is 1. The maximum absolute atomic E-state index is 11.7. The number of hydrogen-bond acceptors (Lipinski definition) is 13. The van der Waals surface area contributed by atoms with Crippen molar-refractivity contribution in [3.8, 4) is 0 Å². The van der Waals surface area contributed by atoms with E-state index in [1.165, 1.54) is 0 Å². The van der Waals surface area contributed by atoms with E-state index < -0.39 is 64.7 Å². The molecule has 0 spiro atoms. The average Bonchev–Trinajstić information content (AvgIpc) is 3.08. The molecule has 9 N–H and O–H groups in total. The molecular weight excluding hydrogens is 831 g/mol. The topological polar surface area (TPSA) is 292 Å². The second kappa shape index (κ2) is 30.1. The molecule has 56 heavy (non-hydrogen) atoms. The van der Waals surface area contributed by atoms with E-state index in [1.54, 1.807) is 53.7 Å². The van der Waals surface area contributed by atoms with Gasteiger partial charge in [0.1, 0.15) is 24.4 Å². The van der Waals surface area contributed by atoms with Crippen molar-refractivity contribution in [3.63, 3.8) is 0 Å². The van der Waals surface area contributed by atoms with Gasteiger partial charge >= 0.3 is 18.0 Å². The third-order valence-electron chi connectivity index (χ3n) is 5.72. The monoisotopic (exact) mass is 887 g/mol. The van der Waals surface area contributed by atoms with Gasteiger partial charge in [0.25, 0.3) is 0 Å². The Labute approximate surface area is 341 Å². The summed E-state index contributed by atoms with van der Waals surface area (Å²) in [4.78, 5) is 103. The molecule has 0 saturated carbocycles. The van der Waals surface area contributed by atoms with Crippen LogP contribution in [-0.4, -0.2) is 117 Å². The van der Waals surface area contributed by atoms with Crippen molar-refractivity contribution in [2.75, 3.05) is 52.4 Å². The molecule has 0 atom stereocenters. The van der Waals surface area contributed by atoms with Crippen LogP contribution >= 0.6 is 0 Å². The van der Waals surface area contributed by atoms with Crippen LogP contribution in [0.25, 0.3) is 0 Å². The van der Waals surface area contributed by atoms with Crippen molar-refractivity contribution in [2.24, 2.45) is 5.73 Å². The molecule has 7 amide bonds. The number of ether oxygens (including phenoxy) is 3. The Balaban J connectivity index is -0.00000103. The molecule has 1 aromatic rings. The predicted octanol–water partition coefficient (Wildman–Crippen LogP) is -1.53. The van der Waals surface area contributed by atoms with Crippen molar-refractivity contribution < 1.29 is 77.8 Å². The number of hydrogen-bond donors (Lipinski definition) is 8. The molecule has 0 radical (unpaired) electrons. The minimum absolute atomic E-state index is 0. The SMILES string of the molecule is CC(C)(C)OC(=O)CCNC(=O)CNC(=O)CNC(=O)CN.CC(C)(C)OC(=O)CCNC(=O)CNC(=O)CNC(=O)CNC(=O)OCc1ccccc1.[CH3-].[Pd]. The van der Waals surface area contributed by atoms with E-state index in [-0.39, 0.29) is 99.7 Å². The maximum Gasteiger partial charge on any atom is 0.407 e. The van der Waals surface area contributed by atoms with Gasteiger partial charge in [-0.15, -0.1) is 0 Å². The van der Waals surface area contributed by atoms with E-state index in [4.69, 9.17) is 19.9 Å². The van der Waals surface area contributed by atoms with Gasteiger partial charge < -0.3 is 64.6 Å². The number of rotatable bonds is 19. The van der Waals surface area contributed by atoms with Crippen LogP contribution in [0, 0.1) is 7.43 Å². The van der Waals surface area contributed by atoms with E-state index in [1.807, 2.05) is 18.2 Å². The van der Waals surface area contributed by atoms with Gasteiger partial charge in [0.2, 0.25) is 35.4 Å². The Kier molecular flexibility index (Phi) is 29.7. The van der Waals surface area contributed by atoms with E-state index in [0.29, 0.717) is 0 Å². The summed E-state index contributed by atoms with van der Waals surface area (Å²) in [6.45, 7) is 8.99. The molecule has 0 aliphatic carbocycles. The molecule has 0 aliphatic rings. The number of alkyl carbamates (subject to hydrolysis) is 1.